The number of nitrogens with one attached hydrogen (secondary N) is 1. The predicted molar refractivity (Wildman–Crippen MR) is 127 cm³/mol. The van der Waals surface area contributed by atoms with Crippen LogP contribution in [0.4, 0.5) is 22.4 Å². The minimum Gasteiger partial charge on any atom is -0.469 e. The molecule has 0 bridgehead atoms. The summed E-state index contributed by atoms with van der Waals surface area (Å²) in [6.45, 7) is 2.06. The van der Waals surface area contributed by atoms with Crippen LogP contribution >= 0.6 is 0 Å². The lowest BCUT2D eigenvalue weighted by atomic mass is 9.95. The number of halogens is 4. The maximum absolute atomic E-state index is 14.4. The Morgan fingerprint density at radius 2 is 1.69 bits per heavy atom. The van der Waals surface area contributed by atoms with Gasteiger partial charge in [0, 0.05) is 19.6 Å². The second-order valence-corrected chi connectivity index (χ2v) is 8.13. The van der Waals surface area contributed by atoms with Gasteiger partial charge in [0.05, 0.1) is 19.1 Å². The summed E-state index contributed by atoms with van der Waals surface area (Å²) in [6.07, 6.45) is -4.79. The van der Waals surface area contributed by atoms with Gasteiger partial charge >= 0.3 is 18.2 Å². The van der Waals surface area contributed by atoms with Crippen molar-refractivity contribution in [3.05, 3.63) is 94.8 Å². The molecule has 0 unspecified atom stereocenters. The number of hydrogen-bond acceptors (Lipinski definition) is 3. The van der Waals surface area contributed by atoms with E-state index < -0.39 is 29.6 Å². The number of ether oxygens (including phenoxy) is 1. The second kappa shape index (κ2) is 11.7. The standard InChI is InChI=1S/C27H26F4N2O3/c1-3-33(26(35)32-16-18-7-5-4-6-8-18)17-21-14-22(27(29,30)31)9-10-24(21)20-11-19(12-23(28)15-20)13-25(34)36-2/h4-12,14-15H,3,13,16-17H2,1-2H3,(H,32,35). The number of benzene rings is 3. The van der Waals surface area contributed by atoms with Gasteiger partial charge in [0.25, 0.3) is 0 Å². The molecule has 0 fully saturated rings. The number of hydrogen-bond donors (Lipinski definition) is 1. The van der Waals surface area contributed by atoms with E-state index in [1.54, 1.807) is 6.92 Å². The first-order valence-corrected chi connectivity index (χ1v) is 11.2. The van der Waals surface area contributed by atoms with Crippen molar-refractivity contribution in [2.75, 3.05) is 13.7 Å². The summed E-state index contributed by atoms with van der Waals surface area (Å²) >= 11 is 0. The molecular weight excluding hydrogens is 476 g/mol. The monoisotopic (exact) mass is 502 g/mol. The smallest absolute Gasteiger partial charge is 0.416 e. The summed E-state index contributed by atoms with van der Waals surface area (Å²) in [5.41, 5.74) is 1.11. The normalized spacial score (nSPS) is 11.2. The Morgan fingerprint density at radius 1 is 0.972 bits per heavy atom. The Bertz CT molecular complexity index is 1210. The molecule has 36 heavy (non-hydrogen) atoms. The Labute approximate surface area is 206 Å². The first-order chi connectivity index (χ1) is 17.1. The molecule has 0 saturated carbocycles. The fraction of sp³-hybridized carbons (Fsp3) is 0.259. The van der Waals surface area contributed by atoms with Crippen LogP contribution in [0.3, 0.4) is 0 Å². The quantitative estimate of drug-likeness (QED) is 0.306. The number of urea groups is 1. The topological polar surface area (TPSA) is 58.6 Å². The predicted octanol–water partition coefficient (Wildman–Crippen LogP) is 5.96. The van der Waals surface area contributed by atoms with Crippen LogP contribution in [0.2, 0.25) is 0 Å². The van der Waals surface area contributed by atoms with Gasteiger partial charge in [-0.15, -0.1) is 0 Å². The highest BCUT2D eigenvalue weighted by Crippen LogP contribution is 2.34. The summed E-state index contributed by atoms with van der Waals surface area (Å²) in [6, 6.07) is 15.8. The van der Waals surface area contributed by atoms with Gasteiger partial charge < -0.3 is 15.0 Å². The van der Waals surface area contributed by atoms with Crippen molar-refractivity contribution >= 4 is 12.0 Å². The highest BCUT2D eigenvalue weighted by atomic mass is 19.4. The van der Waals surface area contributed by atoms with E-state index in [0.29, 0.717) is 16.7 Å². The van der Waals surface area contributed by atoms with E-state index >= 15 is 0 Å². The number of carbonyl (C=O) groups is 2. The molecule has 0 atom stereocenters. The molecule has 190 valence electrons. The molecule has 3 aromatic carbocycles. The SMILES string of the molecule is CCN(Cc1cc(C(F)(F)F)ccc1-c1cc(F)cc(CC(=O)OC)c1)C(=O)NCc1ccccc1. The van der Waals surface area contributed by atoms with E-state index in [1.165, 1.54) is 36.3 Å². The molecule has 0 radical (unpaired) electrons. The van der Waals surface area contributed by atoms with E-state index in [-0.39, 0.29) is 31.6 Å². The van der Waals surface area contributed by atoms with Gasteiger partial charge in [-0.1, -0.05) is 42.5 Å². The second-order valence-electron chi connectivity index (χ2n) is 8.13. The highest BCUT2D eigenvalue weighted by molar-refractivity contribution is 5.76. The number of rotatable bonds is 8. The minimum absolute atomic E-state index is 0.140. The molecule has 3 rings (SSSR count). The molecule has 0 spiro atoms. The van der Waals surface area contributed by atoms with Crippen molar-refractivity contribution in [1.82, 2.24) is 10.2 Å². The fourth-order valence-electron chi connectivity index (χ4n) is 3.75. The highest BCUT2D eigenvalue weighted by Gasteiger charge is 2.31. The van der Waals surface area contributed by atoms with Crippen LogP contribution < -0.4 is 5.32 Å². The van der Waals surface area contributed by atoms with Crippen LogP contribution in [-0.2, 0) is 35.2 Å². The molecule has 0 saturated heterocycles. The first-order valence-electron chi connectivity index (χ1n) is 11.2. The minimum atomic E-state index is -4.60. The Hall–Kier alpha value is -3.88. The average molecular weight is 503 g/mol. The van der Waals surface area contributed by atoms with Crippen molar-refractivity contribution in [2.24, 2.45) is 0 Å². The van der Waals surface area contributed by atoms with Crippen LogP contribution in [0, 0.1) is 5.82 Å². The number of esters is 1. The van der Waals surface area contributed by atoms with Crippen molar-refractivity contribution in [2.45, 2.75) is 32.6 Å². The van der Waals surface area contributed by atoms with Gasteiger partial charge in [0.2, 0.25) is 0 Å². The van der Waals surface area contributed by atoms with E-state index in [0.717, 1.165) is 17.7 Å². The molecule has 9 heteroatoms. The maximum atomic E-state index is 14.4. The van der Waals surface area contributed by atoms with Crippen LogP contribution in [0.25, 0.3) is 11.1 Å². The van der Waals surface area contributed by atoms with Crippen molar-refractivity contribution in [1.29, 1.82) is 0 Å². The maximum Gasteiger partial charge on any atom is 0.416 e. The lowest BCUT2D eigenvalue weighted by Gasteiger charge is -2.24. The Balaban J connectivity index is 1.95. The lowest BCUT2D eigenvalue weighted by molar-refractivity contribution is -0.140. The van der Waals surface area contributed by atoms with Gasteiger partial charge in [-0.3, -0.25) is 4.79 Å². The van der Waals surface area contributed by atoms with Crippen LogP contribution in [0.5, 0.6) is 0 Å². The van der Waals surface area contributed by atoms with E-state index in [1.807, 2.05) is 30.3 Å². The number of nitrogens with zero attached hydrogens (tertiary/aromatic N) is 1. The van der Waals surface area contributed by atoms with Crippen molar-refractivity contribution in [3.63, 3.8) is 0 Å². The van der Waals surface area contributed by atoms with E-state index in [2.05, 4.69) is 10.1 Å². The van der Waals surface area contributed by atoms with Gasteiger partial charge in [-0.2, -0.15) is 13.2 Å². The molecule has 0 aliphatic carbocycles. The van der Waals surface area contributed by atoms with Crippen molar-refractivity contribution < 1.29 is 31.9 Å². The average Bonchev–Trinajstić information content (AvgIpc) is 2.85. The molecule has 0 aliphatic heterocycles. The Kier molecular flexibility index (Phi) is 8.68. The third-order valence-corrected chi connectivity index (χ3v) is 5.59. The fourth-order valence-corrected chi connectivity index (χ4v) is 3.75. The molecule has 5 nitrogen and oxygen atoms in total. The van der Waals surface area contributed by atoms with Crippen LogP contribution in [-0.4, -0.2) is 30.6 Å². The van der Waals surface area contributed by atoms with E-state index in [4.69, 9.17) is 0 Å². The van der Waals surface area contributed by atoms with Crippen molar-refractivity contribution in [3.8, 4) is 11.1 Å². The molecule has 0 aliphatic rings. The molecule has 2 amide bonds. The first kappa shape index (κ1) is 26.7. The lowest BCUT2D eigenvalue weighted by Crippen LogP contribution is -2.39. The molecular formula is C27H26F4N2O3. The zero-order valence-electron chi connectivity index (χ0n) is 19.9. The largest absolute Gasteiger partial charge is 0.469 e. The van der Waals surface area contributed by atoms with Gasteiger partial charge in [-0.25, -0.2) is 9.18 Å². The van der Waals surface area contributed by atoms with Gasteiger partial charge in [-0.05, 0) is 59.0 Å². The zero-order valence-corrected chi connectivity index (χ0v) is 19.9. The summed E-state index contributed by atoms with van der Waals surface area (Å²) in [5, 5.41) is 2.77. The summed E-state index contributed by atoms with van der Waals surface area (Å²) in [5.74, 6) is -1.23. The molecule has 0 heterocycles. The zero-order chi connectivity index (χ0) is 26.3. The number of methoxy groups -OCH3 is 1. The third-order valence-electron chi connectivity index (χ3n) is 5.59. The molecule has 3 aromatic rings. The van der Waals surface area contributed by atoms with Crippen LogP contribution in [0.1, 0.15) is 29.2 Å². The summed E-state index contributed by atoms with van der Waals surface area (Å²) < 4.78 is 59.5. The third kappa shape index (κ3) is 7.07. The van der Waals surface area contributed by atoms with E-state index in [9.17, 15) is 27.2 Å². The Morgan fingerprint density at radius 3 is 2.33 bits per heavy atom. The number of alkyl halides is 3. The van der Waals surface area contributed by atoms with Gasteiger partial charge in [0.15, 0.2) is 0 Å². The van der Waals surface area contributed by atoms with Gasteiger partial charge in [0.1, 0.15) is 5.82 Å². The summed E-state index contributed by atoms with van der Waals surface area (Å²) in [7, 11) is 1.21. The summed E-state index contributed by atoms with van der Waals surface area (Å²) in [4.78, 5) is 25.9. The number of carbonyl (C=O) groups excluding carboxylic acids is 2. The number of amides is 2. The molecule has 1 N–H and O–H groups in total. The van der Waals surface area contributed by atoms with Crippen LogP contribution in [0.15, 0.2) is 66.7 Å². The molecule has 0 aromatic heterocycles.